The molecule has 0 saturated heterocycles. The largest absolute Gasteiger partial charge is 0.491 e. The minimum absolute atomic E-state index is 0.0815. The van der Waals surface area contributed by atoms with Crippen LogP contribution in [0.5, 0.6) is 5.75 Å². The Morgan fingerprint density at radius 2 is 1.69 bits per heavy atom. The molecule has 3 aromatic rings. The highest BCUT2D eigenvalue weighted by Crippen LogP contribution is 2.37. The molecule has 3 rings (SSSR count). The maximum absolute atomic E-state index is 9.83. The maximum Gasteiger partial charge on any atom is 0.143 e. The molecular formula is C22H18N4O2S. The summed E-state index contributed by atoms with van der Waals surface area (Å²) >= 11 is 1.41. The highest BCUT2D eigenvalue weighted by molar-refractivity contribution is 7.98. The van der Waals surface area contributed by atoms with Crippen molar-refractivity contribution in [2.75, 3.05) is 18.9 Å². The number of aliphatic hydroxyl groups excluding tert-OH is 1. The molecule has 1 heterocycles. The van der Waals surface area contributed by atoms with Gasteiger partial charge in [-0.2, -0.15) is 10.5 Å². The number of ether oxygens (including phenoxy) is 1. The van der Waals surface area contributed by atoms with Crippen LogP contribution >= 0.6 is 11.8 Å². The SMILES string of the molecule is N#Cc1c(N)nc(SCc2ccccc2)c(C#N)c1-c1ccc(OCCO)cc1. The van der Waals surface area contributed by atoms with Gasteiger partial charge in [-0.05, 0) is 23.3 Å². The minimum atomic E-state index is -0.0815. The second-order valence-electron chi connectivity index (χ2n) is 6.02. The molecule has 0 saturated carbocycles. The number of nitrogens with two attached hydrogens (primary N) is 1. The lowest BCUT2D eigenvalue weighted by atomic mass is 9.97. The first kappa shape index (κ1) is 20.2. The highest BCUT2D eigenvalue weighted by Gasteiger charge is 2.20. The number of hydrogen-bond acceptors (Lipinski definition) is 7. The summed E-state index contributed by atoms with van der Waals surface area (Å²) in [4.78, 5) is 4.32. The van der Waals surface area contributed by atoms with E-state index in [9.17, 15) is 10.5 Å². The minimum Gasteiger partial charge on any atom is -0.491 e. The maximum atomic E-state index is 9.83. The molecule has 144 valence electrons. The quantitative estimate of drug-likeness (QED) is 0.578. The van der Waals surface area contributed by atoms with Crippen molar-refractivity contribution in [2.24, 2.45) is 0 Å². The normalized spacial score (nSPS) is 10.2. The zero-order valence-electron chi connectivity index (χ0n) is 15.5. The van der Waals surface area contributed by atoms with E-state index in [1.54, 1.807) is 24.3 Å². The van der Waals surface area contributed by atoms with Crippen LogP contribution in [0.25, 0.3) is 11.1 Å². The number of anilines is 1. The van der Waals surface area contributed by atoms with E-state index in [1.165, 1.54) is 11.8 Å². The Hall–Kier alpha value is -3.52. The van der Waals surface area contributed by atoms with Crippen LogP contribution in [0.4, 0.5) is 5.82 Å². The van der Waals surface area contributed by atoms with Gasteiger partial charge in [-0.25, -0.2) is 4.98 Å². The third-order valence-corrected chi connectivity index (χ3v) is 5.18. The molecule has 0 aliphatic heterocycles. The van der Waals surface area contributed by atoms with Crippen molar-refractivity contribution in [3.63, 3.8) is 0 Å². The Labute approximate surface area is 173 Å². The van der Waals surface area contributed by atoms with Crippen LogP contribution in [-0.2, 0) is 5.75 Å². The Kier molecular flexibility index (Phi) is 6.70. The molecule has 6 nitrogen and oxygen atoms in total. The number of nitrogens with zero attached hydrogens (tertiary/aromatic N) is 3. The molecule has 2 aromatic carbocycles. The third-order valence-electron chi connectivity index (χ3n) is 4.14. The first-order valence-corrected chi connectivity index (χ1v) is 9.81. The van der Waals surface area contributed by atoms with Gasteiger partial charge < -0.3 is 15.6 Å². The molecule has 0 amide bonds. The Morgan fingerprint density at radius 1 is 1.00 bits per heavy atom. The Balaban J connectivity index is 2.02. The van der Waals surface area contributed by atoms with Gasteiger partial charge in [0, 0.05) is 11.3 Å². The van der Waals surface area contributed by atoms with E-state index in [1.807, 2.05) is 30.3 Å². The van der Waals surface area contributed by atoms with E-state index in [4.69, 9.17) is 15.6 Å². The molecule has 0 spiro atoms. The fourth-order valence-corrected chi connectivity index (χ4v) is 3.75. The molecule has 29 heavy (non-hydrogen) atoms. The fraction of sp³-hybridized carbons (Fsp3) is 0.136. The second-order valence-corrected chi connectivity index (χ2v) is 6.99. The molecule has 0 aliphatic rings. The lowest BCUT2D eigenvalue weighted by molar-refractivity contribution is 0.201. The number of aliphatic hydroxyl groups is 1. The molecule has 0 fully saturated rings. The molecular weight excluding hydrogens is 384 g/mol. The van der Waals surface area contributed by atoms with Gasteiger partial charge in [0.1, 0.15) is 40.9 Å². The topological polar surface area (TPSA) is 116 Å². The van der Waals surface area contributed by atoms with Crippen molar-refractivity contribution in [3.05, 3.63) is 71.3 Å². The summed E-state index contributed by atoms with van der Waals surface area (Å²) in [5.41, 5.74) is 8.78. The lowest BCUT2D eigenvalue weighted by Gasteiger charge is -2.13. The monoisotopic (exact) mass is 402 g/mol. The van der Waals surface area contributed by atoms with Crippen LogP contribution in [0.15, 0.2) is 59.6 Å². The van der Waals surface area contributed by atoms with Gasteiger partial charge in [0.05, 0.1) is 12.2 Å². The predicted molar refractivity (Wildman–Crippen MR) is 112 cm³/mol. The standard InChI is InChI=1S/C22H18N4O2S/c23-12-18-20(16-6-8-17(9-7-16)28-11-10-27)19(13-24)22(26-21(18)25)29-14-15-4-2-1-3-5-15/h1-9,27H,10-11,14H2,(H2,25,26). The van der Waals surface area contributed by atoms with Crippen molar-refractivity contribution in [1.29, 1.82) is 10.5 Å². The molecule has 3 N–H and O–H groups in total. The van der Waals surface area contributed by atoms with Gasteiger partial charge in [0.25, 0.3) is 0 Å². The number of benzene rings is 2. The average molecular weight is 402 g/mol. The van der Waals surface area contributed by atoms with Crippen LogP contribution in [0, 0.1) is 22.7 Å². The van der Waals surface area contributed by atoms with Gasteiger partial charge in [-0.15, -0.1) is 11.8 Å². The van der Waals surface area contributed by atoms with E-state index >= 15 is 0 Å². The molecule has 0 aliphatic carbocycles. The van der Waals surface area contributed by atoms with Crippen LogP contribution in [0.1, 0.15) is 16.7 Å². The van der Waals surface area contributed by atoms with Crippen LogP contribution < -0.4 is 10.5 Å². The summed E-state index contributed by atoms with van der Waals surface area (Å²) in [6.45, 7) is 0.108. The smallest absolute Gasteiger partial charge is 0.143 e. The Morgan fingerprint density at radius 3 is 2.31 bits per heavy atom. The molecule has 0 bridgehead atoms. The van der Waals surface area contributed by atoms with E-state index in [0.717, 1.165) is 5.56 Å². The molecule has 0 radical (unpaired) electrons. The fourth-order valence-electron chi connectivity index (χ4n) is 2.80. The number of aromatic nitrogens is 1. The summed E-state index contributed by atoms with van der Waals surface area (Å²) < 4.78 is 5.37. The number of hydrogen-bond donors (Lipinski definition) is 2. The third kappa shape index (κ3) is 4.67. The highest BCUT2D eigenvalue weighted by atomic mass is 32.2. The predicted octanol–water partition coefficient (Wildman–Crippen LogP) is 3.74. The summed E-state index contributed by atoms with van der Waals surface area (Å²) in [5, 5.41) is 28.8. The van der Waals surface area contributed by atoms with Crippen molar-refractivity contribution < 1.29 is 9.84 Å². The Bertz CT molecular complexity index is 1070. The van der Waals surface area contributed by atoms with Gasteiger partial charge in [-0.3, -0.25) is 0 Å². The van der Waals surface area contributed by atoms with E-state index in [0.29, 0.717) is 33.2 Å². The molecule has 0 atom stereocenters. The number of rotatable bonds is 7. The van der Waals surface area contributed by atoms with E-state index in [2.05, 4.69) is 17.1 Å². The van der Waals surface area contributed by atoms with Gasteiger partial charge in [0.2, 0.25) is 0 Å². The first-order valence-electron chi connectivity index (χ1n) is 8.82. The molecule has 7 heteroatoms. The first-order chi connectivity index (χ1) is 14.2. The summed E-state index contributed by atoms with van der Waals surface area (Å²) in [7, 11) is 0. The van der Waals surface area contributed by atoms with Crippen molar-refractivity contribution in [1.82, 2.24) is 4.98 Å². The zero-order valence-corrected chi connectivity index (χ0v) is 16.3. The summed E-state index contributed by atoms with van der Waals surface area (Å²) in [5.74, 6) is 1.31. The van der Waals surface area contributed by atoms with E-state index < -0.39 is 0 Å². The van der Waals surface area contributed by atoms with Crippen molar-refractivity contribution >= 4 is 17.6 Å². The summed E-state index contributed by atoms with van der Waals surface area (Å²) in [6.07, 6.45) is 0. The molecule has 0 unspecified atom stereocenters. The van der Waals surface area contributed by atoms with Gasteiger partial charge in [-0.1, -0.05) is 42.5 Å². The lowest BCUT2D eigenvalue weighted by Crippen LogP contribution is -2.04. The number of pyridine rings is 1. The average Bonchev–Trinajstić information content (AvgIpc) is 2.76. The number of thioether (sulfide) groups is 1. The second kappa shape index (κ2) is 9.61. The van der Waals surface area contributed by atoms with Gasteiger partial charge in [0.15, 0.2) is 0 Å². The number of nitrogen functional groups attached to an aromatic ring is 1. The van der Waals surface area contributed by atoms with E-state index in [-0.39, 0.29) is 24.6 Å². The van der Waals surface area contributed by atoms with Crippen LogP contribution in [-0.4, -0.2) is 23.3 Å². The van der Waals surface area contributed by atoms with Crippen LogP contribution in [0.2, 0.25) is 0 Å². The molecule has 1 aromatic heterocycles. The van der Waals surface area contributed by atoms with Gasteiger partial charge >= 0.3 is 0 Å². The summed E-state index contributed by atoms with van der Waals surface area (Å²) in [6, 6.07) is 21.1. The number of nitriles is 2. The van der Waals surface area contributed by atoms with Crippen molar-refractivity contribution in [3.8, 4) is 29.0 Å². The van der Waals surface area contributed by atoms with Crippen molar-refractivity contribution in [2.45, 2.75) is 10.8 Å². The zero-order chi connectivity index (χ0) is 20.6. The van der Waals surface area contributed by atoms with Crippen LogP contribution in [0.3, 0.4) is 0 Å².